The summed E-state index contributed by atoms with van der Waals surface area (Å²) in [5.41, 5.74) is 0.257. The summed E-state index contributed by atoms with van der Waals surface area (Å²) in [4.78, 5) is 29.9. The molecule has 3 aromatic carbocycles. The Labute approximate surface area is 194 Å². The minimum Gasteiger partial charge on any atom is -0.480 e. The molecule has 1 aromatic heterocycles. The van der Waals surface area contributed by atoms with Crippen molar-refractivity contribution in [1.82, 2.24) is 4.98 Å². The highest BCUT2D eigenvalue weighted by Gasteiger charge is 2.51. The van der Waals surface area contributed by atoms with E-state index in [0.29, 0.717) is 16.6 Å². The molecule has 0 saturated heterocycles. The highest BCUT2D eigenvalue weighted by atomic mass is 35.5. The van der Waals surface area contributed by atoms with Gasteiger partial charge >= 0.3 is 5.97 Å². The van der Waals surface area contributed by atoms with Crippen LogP contribution in [0.2, 0.25) is 5.02 Å². The normalized spacial score (nSPS) is 13.5. The van der Waals surface area contributed by atoms with Gasteiger partial charge in [-0.05, 0) is 48.2 Å². The smallest absolute Gasteiger partial charge is 0.331 e. The first-order valence-corrected chi connectivity index (χ1v) is 11.7. The van der Waals surface area contributed by atoms with Gasteiger partial charge in [0.25, 0.3) is 10.0 Å². The number of para-hydroxylation sites is 1. The summed E-state index contributed by atoms with van der Waals surface area (Å²) in [7, 11) is -3.16. The van der Waals surface area contributed by atoms with Crippen LogP contribution < -0.4 is 9.73 Å². The second kappa shape index (κ2) is 8.13. The van der Waals surface area contributed by atoms with Gasteiger partial charge in [0.05, 0.1) is 16.2 Å². The third kappa shape index (κ3) is 3.61. The van der Waals surface area contributed by atoms with Crippen LogP contribution in [0.5, 0.6) is 0 Å². The summed E-state index contributed by atoms with van der Waals surface area (Å²) in [5.74, 6) is -1.56. The number of carboxylic acids is 1. The van der Waals surface area contributed by atoms with Gasteiger partial charge < -0.3 is 5.11 Å². The number of rotatable bonds is 5. The predicted molar refractivity (Wildman–Crippen MR) is 129 cm³/mol. The zero-order valence-electron chi connectivity index (χ0n) is 17.7. The molecule has 0 spiro atoms. The van der Waals surface area contributed by atoms with E-state index in [4.69, 9.17) is 11.6 Å². The first-order chi connectivity index (χ1) is 15.6. The van der Waals surface area contributed by atoms with Crippen LogP contribution in [-0.2, 0) is 19.6 Å². The van der Waals surface area contributed by atoms with Gasteiger partial charge in [-0.3, -0.25) is 18.9 Å². The van der Waals surface area contributed by atoms with Gasteiger partial charge in [-0.15, -0.1) is 0 Å². The number of hydrogen-bond donors (Lipinski definition) is 1. The van der Waals surface area contributed by atoms with Crippen LogP contribution in [0.25, 0.3) is 21.7 Å². The van der Waals surface area contributed by atoms with Crippen molar-refractivity contribution in [2.45, 2.75) is 11.7 Å². The fraction of sp³-hybridized carbons (Fsp3) is 0.125. The van der Waals surface area contributed by atoms with Crippen molar-refractivity contribution in [2.75, 3.05) is 11.4 Å². The molecule has 0 aliphatic rings. The minimum absolute atomic E-state index is 0.0447. The maximum absolute atomic E-state index is 13.6. The molecule has 1 unspecified atom stereocenters. The highest BCUT2D eigenvalue weighted by Crippen LogP contribution is 2.36. The zero-order chi connectivity index (χ0) is 24.0. The number of carbonyl (C=O) groups is 1. The molecular weight excluding hydrogens is 464 g/mol. The van der Waals surface area contributed by atoms with E-state index in [-0.39, 0.29) is 21.4 Å². The van der Waals surface area contributed by atoms with Gasteiger partial charge in [0, 0.05) is 24.0 Å². The van der Waals surface area contributed by atoms with Gasteiger partial charge in [-0.2, -0.15) is 0 Å². The molecule has 0 amide bonds. The molecule has 0 radical (unpaired) electrons. The average Bonchev–Trinajstić information content (AvgIpc) is 2.94. The number of carboxylic acid groups (broad SMARTS) is 1. The Bertz CT molecular complexity index is 1580. The number of fused-ring (bicyclic) bond motifs is 2. The third-order valence-corrected chi connectivity index (χ3v) is 8.38. The van der Waals surface area contributed by atoms with Crippen molar-refractivity contribution in [3.8, 4) is 0 Å². The number of nitrogens with zero attached hydrogens (tertiary/aromatic N) is 2. The SMILES string of the molecule is CN(c1ccccc1)S(=O)(=O)C(C)(C(=O)O)c1ccc2ccc3ncc(Cl)cc3c(=O)c2c1. The largest absolute Gasteiger partial charge is 0.480 e. The van der Waals surface area contributed by atoms with Gasteiger partial charge in [0.1, 0.15) is 0 Å². The van der Waals surface area contributed by atoms with Crippen LogP contribution >= 0.6 is 11.6 Å². The molecule has 1 heterocycles. The molecule has 1 atom stereocenters. The van der Waals surface area contributed by atoms with E-state index in [0.717, 1.165) is 11.2 Å². The highest BCUT2D eigenvalue weighted by molar-refractivity contribution is 7.94. The Kier molecular flexibility index (Phi) is 5.59. The van der Waals surface area contributed by atoms with E-state index in [2.05, 4.69) is 4.98 Å². The lowest BCUT2D eigenvalue weighted by Crippen LogP contribution is -2.48. The number of benzene rings is 2. The lowest BCUT2D eigenvalue weighted by molar-refractivity contribution is -0.139. The first-order valence-electron chi connectivity index (χ1n) is 9.87. The van der Waals surface area contributed by atoms with Crippen molar-refractivity contribution in [1.29, 1.82) is 0 Å². The summed E-state index contributed by atoms with van der Waals surface area (Å²) < 4.78 is 25.7. The molecule has 4 aromatic rings. The van der Waals surface area contributed by atoms with E-state index in [1.54, 1.807) is 42.5 Å². The summed E-state index contributed by atoms with van der Waals surface area (Å²) in [6.07, 6.45) is 1.42. The summed E-state index contributed by atoms with van der Waals surface area (Å²) >= 11 is 6.02. The van der Waals surface area contributed by atoms with Crippen LogP contribution in [0.15, 0.2) is 77.7 Å². The quantitative estimate of drug-likeness (QED) is 0.458. The van der Waals surface area contributed by atoms with Crippen LogP contribution in [0.3, 0.4) is 0 Å². The number of anilines is 1. The standard InChI is InChI=1S/C24H19ClN2O5S/c1-24(23(29)30,33(31,32)27(2)18-6-4-3-5-7-18)16-10-8-15-9-11-21-20(13-17(25)14-26-21)22(28)19(15)12-16/h3-14H,1-2H3,(H,29,30). The molecule has 33 heavy (non-hydrogen) atoms. The zero-order valence-corrected chi connectivity index (χ0v) is 19.3. The Morgan fingerprint density at radius 3 is 2.36 bits per heavy atom. The van der Waals surface area contributed by atoms with Crippen molar-refractivity contribution in [3.63, 3.8) is 0 Å². The van der Waals surface area contributed by atoms with Gasteiger partial charge in [0.15, 0.2) is 5.43 Å². The van der Waals surface area contributed by atoms with Crippen molar-refractivity contribution >= 4 is 55.0 Å². The fourth-order valence-electron chi connectivity index (χ4n) is 3.71. The van der Waals surface area contributed by atoms with Gasteiger partial charge in [-0.1, -0.05) is 48.0 Å². The van der Waals surface area contributed by atoms with E-state index in [1.165, 1.54) is 37.5 Å². The van der Waals surface area contributed by atoms with Crippen molar-refractivity contribution in [3.05, 3.63) is 93.7 Å². The molecule has 0 saturated carbocycles. The minimum atomic E-state index is -4.46. The summed E-state index contributed by atoms with van der Waals surface area (Å²) in [5, 5.41) is 11.3. The van der Waals surface area contributed by atoms with Crippen LogP contribution in [0.4, 0.5) is 5.69 Å². The molecule has 4 rings (SSSR count). The Balaban J connectivity index is 2.00. The average molecular weight is 483 g/mol. The van der Waals surface area contributed by atoms with Crippen molar-refractivity contribution in [2.24, 2.45) is 0 Å². The number of aromatic nitrogens is 1. The Morgan fingerprint density at radius 1 is 1.03 bits per heavy atom. The Morgan fingerprint density at radius 2 is 1.70 bits per heavy atom. The van der Waals surface area contributed by atoms with Crippen molar-refractivity contribution < 1.29 is 18.3 Å². The predicted octanol–water partition coefficient (Wildman–Crippen LogP) is 4.17. The van der Waals surface area contributed by atoms with Gasteiger partial charge in [0.2, 0.25) is 4.75 Å². The molecule has 0 aliphatic heterocycles. The van der Waals surface area contributed by atoms with Crippen LogP contribution in [0.1, 0.15) is 12.5 Å². The van der Waals surface area contributed by atoms with E-state index in [1.807, 2.05) is 0 Å². The molecular formula is C24H19ClN2O5S. The van der Waals surface area contributed by atoms with E-state index in [9.17, 15) is 23.1 Å². The molecule has 1 N–H and O–H groups in total. The second-order valence-corrected chi connectivity index (χ2v) is 10.4. The number of hydrogen-bond acceptors (Lipinski definition) is 5. The number of pyridine rings is 1. The monoisotopic (exact) mass is 482 g/mol. The number of halogens is 1. The van der Waals surface area contributed by atoms with E-state index >= 15 is 0 Å². The third-order valence-electron chi connectivity index (χ3n) is 5.80. The molecule has 7 nitrogen and oxygen atoms in total. The molecule has 168 valence electrons. The number of sulfonamides is 1. The van der Waals surface area contributed by atoms with Crippen LogP contribution in [-0.4, -0.2) is 31.5 Å². The maximum atomic E-state index is 13.6. The first kappa shape index (κ1) is 22.7. The van der Waals surface area contributed by atoms with Crippen LogP contribution in [0, 0.1) is 0 Å². The summed E-state index contributed by atoms with van der Waals surface area (Å²) in [6.45, 7) is 1.12. The molecule has 9 heteroatoms. The summed E-state index contributed by atoms with van der Waals surface area (Å²) in [6, 6.07) is 17.3. The second-order valence-electron chi connectivity index (χ2n) is 7.70. The lowest BCUT2D eigenvalue weighted by Gasteiger charge is -2.31. The van der Waals surface area contributed by atoms with E-state index < -0.39 is 26.2 Å². The number of aliphatic carboxylic acids is 1. The topological polar surface area (TPSA) is 105 Å². The fourth-order valence-corrected chi connectivity index (χ4v) is 5.46. The van der Waals surface area contributed by atoms with Gasteiger partial charge in [-0.25, -0.2) is 8.42 Å². The Hall–Kier alpha value is -3.49. The molecule has 0 aliphatic carbocycles. The lowest BCUT2D eigenvalue weighted by atomic mass is 9.97. The molecule has 0 bridgehead atoms. The molecule has 0 fully saturated rings. The maximum Gasteiger partial charge on any atom is 0.331 e.